The molecule has 0 N–H and O–H groups in total. The van der Waals surface area contributed by atoms with Crippen LogP contribution < -0.4 is 16.1 Å². The Morgan fingerprint density at radius 2 is 1.79 bits per heavy atom. The number of carbonyl (C=O) groups excluding carboxylic acids is 2. The smallest absolute Gasteiger partial charge is 0.417 e. The number of aromatic nitrogens is 2. The fourth-order valence-electron chi connectivity index (χ4n) is 4.49. The van der Waals surface area contributed by atoms with E-state index in [0.29, 0.717) is 10.3 Å². The molecule has 0 fully saturated rings. The van der Waals surface area contributed by atoms with Gasteiger partial charge in [0.2, 0.25) is 5.91 Å². The first kappa shape index (κ1) is 27.2. The third kappa shape index (κ3) is 4.40. The predicted octanol–water partition coefficient (Wildman–Crippen LogP) is 4.15. The Bertz CT molecular complexity index is 1590. The Morgan fingerprint density at radius 3 is 2.42 bits per heavy atom. The highest BCUT2D eigenvalue weighted by Gasteiger charge is 2.42. The zero-order valence-electron chi connectivity index (χ0n) is 20.9. The summed E-state index contributed by atoms with van der Waals surface area (Å²) in [4.78, 5) is 53.5. The van der Waals surface area contributed by atoms with Gasteiger partial charge in [0.25, 0.3) is 5.56 Å². The number of hydrogen-bond donors (Lipinski definition) is 0. The monoisotopic (exact) mass is 549 g/mol. The number of anilines is 1. The molecule has 0 unspecified atom stereocenters. The Labute approximate surface area is 219 Å². The molecule has 1 amide bonds. The van der Waals surface area contributed by atoms with Gasteiger partial charge in [0.15, 0.2) is 0 Å². The number of esters is 1. The normalized spacial score (nSPS) is 14.5. The molecule has 0 radical (unpaired) electrons. The molecule has 12 heteroatoms. The molecule has 4 rings (SSSR count). The molecule has 38 heavy (non-hydrogen) atoms. The molecule has 1 aliphatic rings. The van der Waals surface area contributed by atoms with Gasteiger partial charge in [0.05, 0.1) is 34.8 Å². The molecule has 0 bridgehead atoms. The summed E-state index contributed by atoms with van der Waals surface area (Å²) in [6.45, 7) is 4.37. The molecule has 3 aromatic rings. The van der Waals surface area contributed by atoms with E-state index in [2.05, 4.69) is 0 Å². The zero-order valence-corrected chi connectivity index (χ0v) is 21.6. The number of nitrogens with zero attached hydrogens (tertiary/aromatic N) is 3. The van der Waals surface area contributed by atoms with Crippen molar-refractivity contribution in [3.8, 4) is 5.69 Å². The summed E-state index contributed by atoms with van der Waals surface area (Å²) in [7, 11) is 1.59. The summed E-state index contributed by atoms with van der Waals surface area (Å²) in [5, 5.41) is -0.667. The number of halogens is 4. The van der Waals surface area contributed by atoms with Crippen molar-refractivity contribution in [1.29, 1.82) is 0 Å². The molecule has 0 saturated heterocycles. The van der Waals surface area contributed by atoms with Gasteiger partial charge in [-0.05, 0) is 50.1 Å². The highest BCUT2D eigenvalue weighted by molar-refractivity contribution is 6.32. The van der Waals surface area contributed by atoms with Crippen molar-refractivity contribution < 1.29 is 27.5 Å². The first-order chi connectivity index (χ1) is 17.7. The minimum Gasteiger partial charge on any atom is -0.462 e. The van der Waals surface area contributed by atoms with Crippen LogP contribution in [0.5, 0.6) is 0 Å². The molecule has 0 saturated carbocycles. The molecular formula is C26H23ClF3N3O5. The minimum atomic E-state index is -4.76. The van der Waals surface area contributed by atoms with Crippen LogP contribution in [0.1, 0.15) is 47.8 Å². The number of likely N-dealkylation sites (N-methyl/N-ethyl adjacent to an activating group) is 1. The first-order valence-corrected chi connectivity index (χ1v) is 11.9. The number of fused-ring (bicyclic) bond motifs is 1. The van der Waals surface area contributed by atoms with Gasteiger partial charge >= 0.3 is 17.8 Å². The standard InChI is InChI=1S/C26H23ClF3N3O5/c1-5-38-22(35)16-13-32(15-9-10-17-19(11-15)31(4)23(36)25(17,2)3)24(37)33(21(16)34)12-14-7-6-8-18(20(14)27)26(28,29)30/h6-11,13H,5,12H2,1-4H3. The topological polar surface area (TPSA) is 90.6 Å². The maximum absolute atomic E-state index is 13.5. The molecule has 0 aliphatic carbocycles. The van der Waals surface area contributed by atoms with Crippen molar-refractivity contribution in [1.82, 2.24) is 9.13 Å². The maximum Gasteiger partial charge on any atom is 0.417 e. The largest absolute Gasteiger partial charge is 0.462 e. The second kappa shape index (κ2) is 9.46. The Balaban J connectivity index is 1.94. The van der Waals surface area contributed by atoms with Crippen LogP contribution in [0.2, 0.25) is 5.02 Å². The van der Waals surface area contributed by atoms with E-state index in [1.165, 1.54) is 17.9 Å². The van der Waals surface area contributed by atoms with Gasteiger partial charge < -0.3 is 9.64 Å². The van der Waals surface area contributed by atoms with Crippen LogP contribution in [0.4, 0.5) is 18.9 Å². The highest BCUT2D eigenvalue weighted by atomic mass is 35.5. The molecule has 0 spiro atoms. The van der Waals surface area contributed by atoms with Crippen LogP contribution in [-0.4, -0.2) is 34.7 Å². The number of carbonyl (C=O) groups is 2. The second-order valence-electron chi connectivity index (χ2n) is 9.27. The second-order valence-corrected chi connectivity index (χ2v) is 9.65. The molecule has 0 atom stereocenters. The van der Waals surface area contributed by atoms with E-state index < -0.39 is 51.5 Å². The van der Waals surface area contributed by atoms with Gasteiger partial charge in [0, 0.05) is 18.9 Å². The van der Waals surface area contributed by atoms with Crippen LogP contribution in [0.3, 0.4) is 0 Å². The van der Waals surface area contributed by atoms with Crippen LogP contribution in [0, 0.1) is 0 Å². The van der Waals surface area contributed by atoms with E-state index in [9.17, 15) is 32.3 Å². The number of alkyl halides is 3. The van der Waals surface area contributed by atoms with Crippen molar-refractivity contribution in [3.63, 3.8) is 0 Å². The molecule has 8 nitrogen and oxygen atoms in total. The molecule has 200 valence electrons. The van der Waals surface area contributed by atoms with Gasteiger partial charge in [-0.3, -0.25) is 18.7 Å². The summed E-state index contributed by atoms with van der Waals surface area (Å²) in [5.74, 6) is -1.17. The molecule has 1 aromatic heterocycles. The van der Waals surface area contributed by atoms with Crippen molar-refractivity contribution in [2.45, 2.75) is 38.9 Å². The quantitative estimate of drug-likeness (QED) is 0.446. The van der Waals surface area contributed by atoms with E-state index in [-0.39, 0.29) is 23.8 Å². The van der Waals surface area contributed by atoms with Crippen molar-refractivity contribution in [2.24, 2.45) is 0 Å². The predicted molar refractivity (Wildman–Crippen MR) is 134 cm³/mol. The fourth-order valence-corrected chi connectivity index (χ4v) is 4.78. The van der Waals surface area contributed by atoms with Gasteiger partial charge in [-0.1, -0.05) is 29.8 Å². The van der Waals surface area contributed by atoms with Crippen LogP contribution in [0.25, 0.3) is 5.69 Å². The average Bonchev–Trinajstić information content (AvgIpc) is 3.01. The number of hydrogen-bond acceptors (Lipinski definition) is 5. The third-order valence-corrected chi connectivity index (χ3v) is 6.96. The van der Waals surface area contributed by atoms with E-state index in [4.69, 9.17) is 16.3 Å². The maximum atomic E-state index is 13.5. The van der Waals surface area contributed by atoms with E-state index in [0.717, 1.165) is 28.5 Å². The van der Waals surface area contributed by atoms with Crippen LogP contribution >= 0.6 is 11.6 Å². The van der Waals surface area contributed by atoms with E-state index in [1.54, 1.807) is 39.1 Å². The number of ether oxygens (including phenoxy) is 1. The van der Waals surface area contributed by atoms with Gasteiger partial charge in [-0.15, -0.1) is 0 Å². The summed E-state index contributed by atoms with van der Waals surface area (Å²) < 4.78 is 46.8. The lowest BCUT2D eigenvalue weighted by atomic mass is 9.86. The lowest BCUT2D eigenvalue weighted by molar-refractivity contribution is -0.137. The van der Waals surface area contributed by atoms with Crippen molar-refractivity contribution in [3.05, 3.63) is 90.7 Å². The van der Waals surface area contributed by atoms with E-state index >= 15 is 0 Å². The average molecular weight is 550 g/mol. The van der Waals surface area contributed by atoms with Crippen molar-refractivity contribution in [2.75, 3.05) is 18.6 Å². The first-order valence-electron chi connectivity index (χ1n) is 11.5. The zero-order chi connectivity index (χ0) is 28.2. The summed E-state index contributed by atoms with van der Waals surface area (Å²) in [5.41, 5.74) is -3.08. The van der Waals surface area contributed by atoms with Gasteiger partial charge in [-0.2, -0.15) is 13.2 Å². The van der Waals surface area contributed by atoms with E-state index in [1.807, 2.05) is 0 Å². The summed E-state index contributed by atoms with van der Waals surface area (Å²) in [6.07, 6.45) is -3.73. The van der Waals surface area contributed by atoms with Crippen LogP contribution in [-0.2, 0) is 27.7 Å². The highest BCUT2D eigenvalue weighted by Crippen LogP contribution is 2.41. The lowest BCUT2D eigenvalue weighted by Crippen LogP contribution is -2.42. The molecule has 1 aliphatic heterocycles. The lowest BCUT2D eigenvalue weighted by Gasteiger charge is -2.17. The SMILES string of the molecule is CCOC(=O)c1cn(-c2ccc3c(c2)N(C)C(=O)C3(C)C)c(=O)n(Cc2cccc(C(F)(F)F)c2Cl)c1=O. The Hall–Kier alpha value is -3.86. The summed E-state index contributed by atoms with van der Waals surface area (Å²) in [6, 6.07) is 7.92. The van der Waals surface area contributed by atoms with Crippen LogP contribution in [0.15, 0.2) is 52.2 Å². The molecular weight excluding hydrogens is 527 g/mol. The number of rotatable bonds is 5. The molecule has 2 heterocycles. The number of benzene rings is 2. The Kier molecular flexibility index (Phi) is 6.77. The fraction of sp³-hybridized carbons (Fsp3) is 0.308. The number of amides is 1. The van der Waals surface area contributed by atoms with Gasteiger partial charge in [0.1, 0.15) is 5.56 Å². The minimum absolute atomic E-state index is 0.0578. The third-order valence-electron chi connectivity index (χ3n) is 6.51. The summed E-state index contributed by atoms with van der Waals surface area (Å²) >= 11 is 6.00. The molecule has 2 aromatic carbocycles. The van der Waals surface area contributed by atoms with Gasteiger partial charge in [-0.25, -0.2) is 9.59 Å². The van der Waals surface area contributed by atoms with Crippen molar-refractivity contribution >= 4 is 29.2 Å². The Morgan fingerprint density at radius 1 is 1.11 bits per heavy atom.